The van der Waals surface area contributed by atoms with Crippen molar-refractivity contribution >= 4 is 17.9 Å². The molecule has 0 rings (SSSR count). The van der Waals surface area contributed by atoms with Gasteiger partial charge in [-0.15, -0.1) is 0 Å². The fraction of sp³-hybridized carbons (Fsp3) is 0.943. The minimum atomic E-state index is -0.495. The summed E-state index contributed by atoms with van der Waals surface area (Å²) < 4.78 is 17.7. The molecule has 0 saturated carbocycles. The Morgan fingerprint density at radius 1 is 0.450 bits per heavy atom. The first-order valence-electron chi connectivity index (χ1n) is 25.9. The fourth-order valence-corrected chi connectivity index (χ4v) is 8.54. The van der Waals surface area contributed by atoms with Gasteiger partial charge in [0.05, 0.1) is 24.0 Å². The molecule has 0 amide bonds. The van der Waals surface area contributed by atoms with Gasteiger partial charge in [0.2, 0.25) is 0 Å². The van der Waals surface area contributed by atoms with E-state index < -0.39 is 10.8 Å². The number of ether oxygens (including phenoxy) is 3. The topological polar surface area (TPSA) is 82.1 Å². The summed E-state index contributed by atoms with van der Waals surface area (Å²) in [5.74, 6) is 1.28. The van der Waals surface area contributed by atoms with Crippen molar-refractivity contribution in [3.05, 3.63) is 0 Å². The predicted octanol–water partition coefficient (Wildman–Crippen LogP) is 15.4. The van der Waals surface area contributed by atoms with Crippen LogP contribution in [0.4, 0.5) is 0 Å². The molecule has 0 aromatic rings. The Morgan fingerprint density at radius 2 is 0.800 bits per heavy atom. The van der Waals surface area contributed by atoms with Crippen LogP contribution in [0.25, 0.3) is 0 Å². The molecule has 0 spiro atoms. The van der Waals surface area contributed by atoms with E-state index in [1.165, 1.54) is 103 Å². The number of carbonyl (C=O) groups is 3. The molecule has 0 bridgehead atoms. The maximum absolute atomic E-state index is 13.1. The van der Waals surface area contributed by atoms with E-state index >= 15 is 0 Å². The summed E-state index contributed by atoms with van der Waals surface area (Å²) in [5.41, 5.74) is -0.990. The van der Waals surface area contributed by atoms with Crippen LogP contribution >= 0.6 is 0 Å². The third-order valence-electron chi connectivity index (χ3n) is 12.9. The summed E-state index contributed by atoms with van der Waals surface area (Å²) in [7, 11) is 4.05. The lowest BCUT2D eigenvalue weighted by Gasteiger charge is -2.24. The van der Waals surface area contributed by atoms with Crippen molar-refractivity contribution in [2.75, 3.05) is 33.9 Å². The zero-order valence-electron chi connectivity index (χ0n) is 41.9. The largest absolute Gasteiger partial charge is 0.465 e. The lowest BCUT2D eigenvalue weighted by Crippen LogP contribution is -2.27. The van der Waals surface area contributed by atoms with Crippen molar-refractivity contribution in [2.45, 2.75) is 267 Å². The van der Waals surface area contributed by atoms with E-state index in [-0.39, 0.29) is 24.0 Å². The second-order valence-corrected chi connectivity index (χ2v) is 20.3. The molecule has 0 unspecified atom stereocenters. The Bertz CT molecular complexity index is 939. The minimum absolute atomic E-state index is 0.0727. The lowest BCUT2D eigenvalue weighted by molar-refractivity contribution is -0.155. The average Bonchev–Trinajstić information content (AvgIpc) is 3.20. The minimum Gasteiger partial charge on any atom is -0.465 e. The second kappa shape index (κ2) is 37.9. The third kappa shape index (κ3) is 33.0. The molecule has 7 heteroatoms. The van der Waals surface area contributed by atoms with Crippen LogP contribution in [0.3, 0.4) is 0 Å². The molecule has 60 heavy (non-hydrogen) atoms. The summed E-state index contributed by atoms with van der Waals surface area (Å²) in [6.07, 6.45) is 35.3. The first kappa shape index (κ1) is 58.4. The number of unbranched alkanes of at least 4 members (excludes halogenated alkanes) is 12. The number of nitrogens with zero attached hydrogens (tertiary/aromatic N) is 1. The van der Waals surface area contributed by atoms with Crippen molar-refractivity contribution in [1.29, 1.82) is 0 Å². The Balaban J connectivity index is 4.77. The van der Waals surface area contributed by atoms with Gasteiger partial charge in [0, 0.05) is 6.42 Å². The highest BCUT2D eigenvalue weighted by Gasteiger charge is 2.30. The molecule has 0 aliphatic heterocycles. The van der Waals surface area contributed by atoms with Crippen LogP contribution in [0, 0.1) is 22.7 Å². The zero-order chi connectivity index (χ0) is 44.9. The van der Waals surface area contributed by atoms with Crippen molar-refractivity contribution in [3.8, 4) is 0 Å². The monoisotopic (exact) mass is 850 g/mol. The van der Waals surface area contributed by atoms with Crippen LogP contribution in [0.2, 0.25) is 0 Å². The molecule has 0 saturated heterocycles. The van der Waals surface area contributed by atoms with Gasteiger partial charge in [0.25, 0.3) is 0 Å². The number of carbonyl (C=O) groups excluding carboxylic acids is 3. The molecule has 0 aromatic heterocycles. The smallest absolute Gasteiger partial charge is 0.311 e. The van der Waals surface area contributed by atoms with Gasteiger partial charge in [0.15, 0.2) is 0 Å². The lowest BCUT2D eigenvalue weighted by atomic mass is 9.86. The van der Waals surface area contributed by atoms with Crippen LogP contribution in [-0.4, -0.2) is 62.8 Å². The SMILES string of the molecule is CCCCCC(CCCCC)CCCOC(=O)C(C)(C)CCCCCC(CCCCCC(C)(C)C(=O)OCCCC(CCCCC)CCCCC)OC(=O)CCCN(C)C. The Labute approximate surface area is 373 Å². The molecule has 0 radical (unpaired) electrons. The molecule has 0 aliphatic rings. The number of esters is 3. The van der Waals surface area contributed by atoms with Crippen LogP contribution in [0.5, 0.6) is 0 Å². The average molecular weight is 850 g/mol. The predicted molar refractivity (Wildman–Crippen MR) is 255 cm³/mol. The molecule has 0 aliphatic carbocycles. The Kier molecular flexibility index (Phi) is 36.9. The molecule has 0 atom stereocenters. The number of hydrogen-bond donors (Lipinski definition) is 0. The highest BCUT2D eigenvalue weighted by Crippen LogP contribution is 2.29. The van der Waals surface area contributed by atoms with Crippen LogP contribution in [-0.2, 0) is 28.6 Å². The molecular weight excluding hydrogens is 747 g/mol. The Hall–Kier alpha value is -1.63. The molecule has 0 heterocycles. The van der Waals surface area contributed by atoms with Gasteiger partial charge < -0.3 is 19.1 Å². The van der Waals surface area contributed by atoms with Gasteiger partial charge >= 0.3 is 17.9 Å². The fourth-order valence-electron chi connectivity index (χ4n) is 8.54. The molecule has 0 N–H and O–H groups in total. The second-order valence-electron chi connectivity index (χ2n) is 20.3. The van der Waals surface area contributed by atoms with Gasteiger partial charge in [-0.25, -0.2) is 0 Å². The van der Waals surface area contributed by atoms with Crippen molar-refractivity contribution in [3.63, 3.8) is 0 Å². The van der Waals surface area contributed by atoms with Crippen LogP contribution < -0.4 is 0 Å². The summed E-state index contributed by atoms with van der Waals surface area (Å²) in [6.45, 7) is 19.1. The zero-order valence-corrected chi connectivity index (χ0v) is 41.9. The van der Waals surface area contributed by atoms with Crippen molar-refractivity contribution < 1.29 is 28.6 Å². The number of rotatable bonds is 43. The van der Waals surface area contributed by atoms with E-state index in [4.69, 9.17) is 14.2 Å². The van der Waals surface area contributed by atoms with Crippen molar-refractivity contribution in [2.24, 2.45) is 22.7 Å². The summed E-state index contributed by atoms with van der Waals surface area (Å²) >= 11 is 0. The first-order chi connectivity index (χ1) is 28.7. The van der Waals surface area contributed by atoms with Gasteiger partial charge in [-0.2, -0.15) is 0 Å². The third-order valence-corrected chi connectivity index (χ3v) is 12.9. The summed E-state index contributed by atoms with van der Waals surface area (Å²) in [4.78, 5) is 41.0. The molecule has 7 nitrogen and oxygen atoms in total. The van der Waals surface area contributed by atoms with E-state index in [0.717, 1.165) is 115 Å². The van der Waals surface area contributed by atoms with Gasteiger partial charge in [-0.3, -0.25) is 14.4 Å². The van der Waals surface area contributed by atoms with Gasteiger partial charge in [-0.05, 0) is 131 Å². The molecule has 356 valence electrons. The van der Waals surface area contributed by atoms with E-state index in [1.54, 1.807) is 0 Å². The normalized spacial score (nSPS) is 12.3. The Morgan fingerprint density at radius 3 is 1.15 bits per heavy atom. The van der Waals surface area contributed by atoms with E-state index in [0.29, 0.717) is 19.6 Å². The first-order valence-corrected chi connectivity index (χ1v) is 25.9. The summed E-state index contributed by atoms with van der Waals surface area (Å²) in [5, 5.41) is 0. The van der Waals surface area contributed by atoms with Gasteiger partial charge in [0.1, 0.15) is 6.10 Å². The molecule has 0 fully saturated rings. The van der Waals surface area contributed by atoms with Gasteiger partial charge in [-0.1, -0.05) is 156 Å². The standard InChI is InChI=1S/C53H103NO6/c1-11-15-21-32-46(33-22-16-12-2)36-30-44-58-50(56)52(5,6)41-27-19-25-38-48(60-49(55)40-29-43-54(9)10)39-26-20-28-42-53(7,8)51(57)59-45-31-37-47(34-23-17-13-3)35-24-18-14-4/h46-48H,11-45H2,1-10H3. The van der Waals surface area contributed by atoms with Crippen molar-refractivity contribution in [1.82, 2.24) is 4.90 Å². The quantitative estimate of drug-likeness (QED) is 0.0343. The highest BCUT2D eigenvalue weighted by molar-refractivity contribution is 5.76. The maximum atomic E-state index is 13.1. The van der Waals surface area contributed by atoms with E-state index in [1.807, 2.05) is 41.8 Å². The summed E-state index contributed by atoms with van der Waals surface area (Å²) in [6, 6.07) is 0. The number of hydrogen-bond acceptors (Lipinski definition) is 7. The van der Waals surface area contributed by atoms with Crippen LogP contribution in [0.15, 0.2) is 0 Å². The molecular formula is C53H103NO6. The van der Waals surface area contributed by atoms with Crippen LogP contribution in [0.1, 0.15) is 261 Å². The van der Waals surface area contributed by atoms with E-state index in [2.05, 4.69) is 32.6 Å². The maximum Gasteiger partial charge on any atom is 0.311 e. The highest BCUT2D eigenvalue weighted by atomic mass is 16.5. The van der Waals surface area contributed by atoms with E-state index in [9.17, 15) is 14.4 Å². The molecule has 0 aromatic carbocycles.